The van der Waals surface area contributed by atoms with Gasteiger partial charge in [-0.15, -0.1) is 0 Å². The molecule has 7 nitrogen and oxygen atoms in total. The molecule has 0 saturated carbocycles. The van der Waals surface area contributed by atoms with Crippen LogP contribution in [0.1, 0.15) is 37.6 Å². The first kappa shape index (κ1) is 22.0. The summed E-state index contributed by atoms with van der Waals surface area (Å²) in [6, 6.07) is 13.7. The predicted octanol–water partition coefficient (Wildman–Crippen LogP) is 4.52. The maximum absolute atomic E-state index is 12.6. The number of nitrogens with two attached hydrogens (primary N) is 1. The molecule has 4 aromatic rings. The number of carbonyl (C=O) groups is 1. The second kappa shape index (κ2) is 9.96. The Morgan fingerprint density at radius 3 is 2.69 bits per heavy atom. The molecule has 32 heavy (non-hydrogen) atoms. The topological polar surface area (TPSA) is 89.9 Å². The summed E-state index contributed by atoms with van der Waals surface area (Å²) in [6.07, 6.45) is 5.63. The van der Waals surface area contributed by atoms with Gasteiger partial charge in [-0.05, 0) is 30.5 Å². The Kier molecular flexibility index (Phi) is 6.85. The molecule has 2 N–H and O–H groups in total. The molecule has 8 heteroatoms. The Morgan fingerprint density at radius 1 is 1.09 bits per heavy atom. The number of unbranched alkanes of at least 4 members (excludes halogenated alkanes) is 1. The highest BCUT2D eigenvalue weighted by molar-refractivity contribution is 6.21. The average Bonchev–Trinajstić information content (AvgIpc) is 3.19. The lowest BCUT2D eigenvalue weighted by atomic mass is 10.1. The molecule has 166 valence electrons. The number of pyridine rings is 2. The molecule has 0 fully saturated rings. The second-order valence-electron chi connectivity index (χ2n) is 7.81. The molecule has 0 atom stereocenters. The minimum absolute atomic E-state index is 0.0980. The van der Waals surface area contributed by atoms with E-state index in [9.17, 15) is 4.79 Å². The average molecular weight is 451 g/mol. The molecule has 0 aliphatic carbocycles. The van der Waals surface area contributed by atoms with Crippen LogP contribution in [0.4, 0.5) is 5.82 Å². The molecule has 3 heterocycles. The number of carbonyl (C=O) groups excluding carboxylic acids is 1. The van der Waals surface area contributed by atoms with Gasteiger partial charge in [0.1, 0.15) is 22.4 Å². The number of aromatic nitrogens is 4. The molecule has 0 radical (unpaired) electrons. The van der Waals surface area contributed by atoms with Crippen molar-refractivity contribution in [2.24, 2.45) is 0 Å². The molecular weight excluding hydrogens is 424 g/mol. The van der Waals surface area contributed by atoms with E-state index in [-0.39, 0.29) is 5.91 Å². The standard InChI is InChI=1S/C24H27ClN6O/c1-2-3-11-19-29-22-23(21-18(28-24(22)26)10-7-14-27-21)30(19)15-16-31(25)20(32)13-12-17-8-5-4-6-9-17/h4-10,14H,2-3,11-13,15-16H2,1H3,(H2,26,28). The van der Waals surface area contributed by atoms with Gasteiger partial charge in [0.25, 0.3) is 0 Å². The molecule has 0 spiro atoms. The van der Waals surface area contributed by atoms with Crippen LogP contribution in [0.25, 0.3) is 22.1 Å². The molecule has 0 saturated heterocycles. The van der Waals surface area contributed by atoms with Gasteiger partial charge in [-0.25, -0.2) is 9.97 Å². The highest BCUT2D eigenvalue weighted by atomic mass is 35.5. The molecule has 1 aromatic carbocycles. The van der Waals surface area contributed by atoms with Gasteiger partial charge in [-0.3, -0.25) is 14.2 Å². The molecule has 0 aliphatic rings. The minimum atomic E-state index is -0.0980. The van der Waals surface area contributed by atoms with E-state index in [1.54, 1.807) is 6.20 Å². The van der Waals surface area contributed by atoms with E-state index in [0.29, 0.717) is 37.3 Å². The van der Waals surface area contributed by atoms with E-state index in [0.717, 1.165) is 47.2 Å². The number of anilines is 1. The van der Waals surface area contributed by atoms with Gasteiger partial charge >= 0.3 is 0 Å². The van der Waals surface area contributed by atoms with E-state index in [1.165, 1.54) is 4.42 Å². The number of fused-ring (bicyclic) bond motifs is 3. The first-order valence-corrected chi connectivity index (χ1v) is 11.3. The third-order valence-corrected chi connectivity index (χ3v) is 5.91. The highest BCUT2D eigenvalue weighted by Gasteiger charge is 2.19. The van der Waals surface area contributed by atoms with Gasteiger partial charge in [0.05, 0.1) is 12.1 Å². The van der Waals surface area contributed by atoms with E-state index in [2.05, 4.69) is 21.5 Å². The maximum Gasteiger partial charge on any atom is 0.237 e. The number of hydrogen-bond donors (Lipinski definition) is 1. The number of nitrogen functional groups attached to an aromatic ring is 1. The zero-order valence-electron chi connectivity index (χ0n) is 18.2. The van der Waals surface area contributed by atoms with E-state index in [4.69, 9.17) is 22.5 Å². The lowest BCUT2D eigenvalue weighted by Crippen LogP contribution is -2.26. The smallest absolute Gasteiger partial charge is 0.237 e. The van der Waals surface area contributed by atoms with Crippen LogP contribution in [-0.2, 0) is 24.2 Å². The van der Waals surface area contributed by atoms with Crippen LogP contribution in [0.2, 0.25) is 0 Å². The lowest BCUT2D eigenvalue weighted by Gasteiger charge is -2.16. The van der Waals surface area contributed by atoms with Crippen molar-refractivity contribution in [3.05, 3.63) is 60.0 Å². The molecular formula is C24H27ClN6O. The Bertz CT molecular complexity index is 1220. The first-order valence-electron chi connectivity index (χ1n) is 11.0. The monoisotopic (exact) mass is 450 g/mol. The predicted molar refractivity (Wildman–Crippen MR) is 128 cm³/mol. The molecule has 0 unspecified atom stereocenters. The van der Waals surface area contributed by atoms with Crippen molar-refractivity contribution in [1.82, 2.24) is 23.9 Å². The van der Waals surface area contributed by atoms with E-state index >= 15 is 0 Å². The van der Waals surface area contributed by atoms with Crippen molar-refractivity contribution in [2.75, 3.05) is 12.3 Å². The van der Waals surface area contributed by atoms with E-state index < -0.39 is 0 Å². The highest BCUT2D eigenvalue weighted by Crippen LogP contribution is 2.28. The number of halogens is 1. The van der Waals surface area contributed by atoms with Gasteiger partial charge in [0.15, 0.2) is 5.82 Å². The van der Waals surface area contributed by atoms with Gasteiger partial charge in [-0.1, -0.05) is 43.7 Å². The summed E-state index contributed by atoms with van der Waals surface area (Å²) < 4.78 is 3.37. The Morgan fingerprint density at radius 2 is 1.91 bits per heavy atom. The van der Waals surface area contributed by atoms with E-state index in [1.807, 2.05) is 42.5 Å². The SMILES string of the molecule is CCCCc1nc2c(N)nc3cccnc3c2n1CCN(Cl)C(=O)CCc1ccccc1. The van der Waals surface area contributed by atoms with Gasteiger partial charge in [0, 0.05) is 37.4 Å². The Labute approximate surface area is 192 Å². The van der Waals surface area contributed by atoms with Crippen molar-refractivity contribution in [1.29, 1.82) is 0 Å². The summed E-state index contributed by atoms with van der Waals surface area (Å²) in [5.41, 5.74) is 10.3. The fourth-order valence-corrected chi connectivity index (χ4v) is 4.03. The number of imidazole rings is 1. The summed E-state index contributed by atoms with van der Waals surface area (Å²) in [7, 11) is 0. The first-order chi connectivity index (χ1) is 15.6. The Balaban J connectivity index is 1.57. The largest absolute Gasteiger partial charge is 0.382 e. The van der Waals surface area contributed by atoms with Crippen molar-refractivity contribution >= 4 is 45.6 Å². The summed E-state index contributed by atoms with van der Waals surface area (Å²) in [6.45, 7) is 3.01. The van der Waals surface area contributed by atoms with Crippen LogP contribution >= 0.6 is 11.8 Å². The fraction of sp³-hybridized carbons (Fsp3) is 0.333. The summed E-state index contributed by atoms with van der Waals surface area (Å²) in [5, 5.41) is 0. The number of hydrogen-bond acceptors (Lipinski definition) is 5. The maximum atomic E-state index is 12.6. The van der Waals surface area contributed by atoms with Gasteiger partial charge in [-0.2, -0.15) is 0 Å². The van der Waals surface area contributed by atoms with Crippen LogP contribution in [0.3, 0.4) is 0 Å². The van der Waals surface area contributed by atoms with Crippen molar-refractivity contribution in [3.8, 4) is 0 Å². The van der Waals surface area contributed by atoms with Crippen molar-refractivity contribution in [3.63, 3.8) is 0 Å². The minimum Gasteiger partial charge on any atom is -0.382 e. The van der Waals surface area contributed by atoms with Crippen molar-refractivity contribution in [2.45, 2.75) is 45.6 Å². The number of benzene rings is 1. The Hall–Kier alpha value is -3.19. The molecule has 0 aliphatic heterocycles. The van der Waals surface area contributed by atoms with Crippen molar-refractivity contribution < 1.29 is 4.79 Å². The third kappa shape index (κ3) is 4.67. The quantitative estimate of drug-likeness (QED) is 0.378. The fourth-order valence-electron chi connectivity index (χ4n) is 3.87. The van der Waals surface area contributed by atoms with Gasteiger partial charge < -0.3 is 10.3 Å². The number of aryl methyl sites for hydroxylation is 2. The molecule has 4 rings (SSSR count). The zero-order chi connectivity index (χ0) is 22.5. The molecule has 3 aromatic heterocycles. The number of amides is 1. The van der Waals surface area contributed by atoms with Crippen LogP contribution in [0.5, 0.6) is 0 Å². The van der Waals surface area contributed by atoms with Crippen LogP contribution in [0, 0.1) is 0 Å². The second-order valence-corrected chi connectivity index (χ2v) is 8.22. The molecule has 0 bridgehead atoms. The number of nitrogens with zero attached hydrogens (tertiary/aromatic N) is 5. The summed E-state index contributed by atoms with van der Waals surface area (Å²) in [4.78, 5) is 26.4. The normalized spacial score (nSPS) is 11.3. The summed E-state index contributed by atoms with van der Waals surface area (Å²) >= 11 is 6.37. The van der Waals surface area contributed by atoms with Gasteiger partial charge in [0.2, 0.25) is 5.91 Å². The number of rotatable bonds is 9. The van der Waals surface area contributed by atoms with Crippen LogP contribution in [-0.4, -0.2) is 36.4 Å². The zero-order valence-corrected chi connectivity index (χ0v) is 18.9. The molecule has 1 amide bonds. The third-order valence-electron chi connectivity index (χ3n) is 5.56. The summed E-state index contributed by atoms with van der Waals surface area (Å²) in [5.74, 6) is 1.20. The lowest BCUT2D eigenvalue weighted by molar-refractivity contribution is -0.126. The van der Waals surface area contributed by atoms with Crippen LogP contribution in [0.15, 0.2) is 48.7 Å². The van der Waals surface area contributed by atoms with Crippen LogP contribution < -0.4 is 5.73 Å².